The number of allylic oxidation sites excluding steroid dienone is 1. The van der Waals surface area contributed by atoms with Gasteiger partial charge in [-0.15, -0.1) is 11.8 Å². The van der Waals surface area contributed by atoms with Gasteiger partial charge in [-0.3, -0.25) is 25.2 Å². The molecule has 1 aliphatic heterocycles. The molecule has 3 rings (SSSR count). The SMILES string of the molecule is CCN(C(=O)O)c1cccc(Cn2ccc(NC(=S)NNC(=O)C(C)(O)C3NC(C)=CS3)n2)c1F. The van der Waals surface area contributed by atoms with E-state index in [-0.39, 0.29) is 29.5 Å². The van der Waals surface area contributed by atoms with Gasteiger partial charge < -0.3 is 20.8 Å². The molecule has 0 aliphatic carbocycles. The molecule has 2 aromatic rings. The first-order chi connectivity index (χ1) is 16.5. The Morgan fingerprint density at radius 3 is 2.74 bits per heavy atom. The molecule has 0 saturated carbocycles. The fourth-order valence-corrected chi connectivity index (χ4v) is 4.41. The number of hydrazine groups is 1. The van der Waals surface area contributed by atoms with Crippen LogP contribution in [0.25, 0.3) is 0 Å². The Labute approximate surface area is 210 Å². The van der Waals surface area contributed by atoms with Crippen LogP contribution < -0.4 is 26.4 Å². The van der Waals surface area contributed by atoms with Crippen molar-refractivity contribution in [1.29, 1.82) is 0 Å². The Morgan fingerprint density at radius 2 is 2.11 bits per heavy atom. The molecule has 2 unspecified atom stereocenters. The summed E-state index contributed by atoms with van der Waals surface area (Å²) in [6.07, 6.45) is 0.349. The van der Waals surface area contributed by atoms with E-state index in [0.29, 0.717) is 5.82 Å². The third-order valence-corrected chi connectivity index (χ3v) is 6.65. The van der Waals surface area contributed by atoms with E-state index in [1.165, 1.54) is 29.4 Å². The van der Waals surface area contributed by atoms with Crippen LogP contribution in [0.4, 0.5) is 20.7 Å². The zero-order valence-electron chi connectivity index (χ0n) is 19.2. The van der Waals surface area contributed by atoms with Crippen molar-refractivity contribution in [3.63, 3.8) is 0 Å². The third-order valence-electron chi connectivity index (χ3n) is 5.11. The lowest BCUT2D eigenvalue weighted by Crippen LogP contribution is -2.59. The molecule has 188 valence electrons. The van der Waals surface area contributed by atoms with Crippen LogP contribution in [0.2, 0.25) is 0 Å². The quantitative estimate of drug-likeness (QED) is 0.236. The monoisotopic (exact) mass is 523 g/mol. The van der Waals surface area contributed by atoms with Gasteiger partial charge in [0.05, 0.1) is 12.2 Å². The van der Waals surface area contributed by atoms with Gasteiger partial charge in [0.25, 0.3) is 5.91 Å². The fourth-order valence-electron chi connectivity index (χ4n) is 3.22. The first-order valence-corrected chi connectivity index (χ1v) is 11.9. The molecule has 1 aromatic carbocycles. The number of amides is 2. The summed E-state index contributed by atoms with van der Waals surface area (Å²) in [6, 6.07) is 6.12. The number of halogens is 1. The van der Waals surface area contributed by atoms with Gasteiger partial charge in [-0.25, -0.2) is 9.18 Å². The Balaban J connectivity index is 1.56. The standard InChI is InChI=1S/C21H26FN7O4S2/c1-4-29(20(31)32)14-7-5-6-13(16(14)22)10-28-9-8-15(27-28)24-19(34)26-25-17(30)21(3,33)18-23-12(2)11-35-18/h5-9,11,18,23,33H,4,10H2,1-3H3,(H,25,30)(H,31,32)(H2,24,26,27,34). The number of thioether (sulfide) groups is 1. The molecule has 0 fully saturated rings. The number of hydrogen-bond donors (Lipinski definition) is 6. The molecule has 1 aliphatic rings. The van der Waals surface area contributed by atoms with Crippen LogP contribution in [0.5, 0.6) is 0 Å². The highest BCUT2D eigenvalue weighted by Gasteiger charge is 2.41. The van der Waals surface area contributed by atoms with Crippen LogP contribution in [0.1, 0.15) is 26.3 Å². The van der Waals surface area contributed by atoms with Gasteiger partial charge in [0.2, 0.25) is 0 Å². The minimum absolute atomic E-state index is 0.0222. The van der Waals surface area contributed by atoms with Crippen molar-refractivity contribution < 1.29 is 24.2 Å². The minimum atomic E-state index is -1.71. The second-order valence-corrected chi connectivity index (χ2v) is 9.21. The maximum atomic E-state index is 14.9. The first kappa shape index (κ1) is 26.2. The van der Waals surface area contributed by atoms with Crippen molar-refractivity contribution in [3.05, 3.63) is 52.9 Å². The summed E-state index contributed by atoms with van der Waals surface area (Å²) in [5.41, 5.74) is 4.25. The summed E-state index contributed by atoms with van der Waals surface area (Å²) < 4.78 is 16.4. The van der Waals surface area contributed by atoms with Gasteiger partial charge >= 0.3 is 6.09 Å². The molecule has 6 N–H and O–H groups in total. The predicted octanol–water partition coefficient (Wildman–Crippen LogP) is 2.17. The van der Waals surface area contributed by atoms with Gasteiger partial charge in [-0.1, -0.05) is 12.1 Å². The topological polar surface area (TPSA) is 144 Å². The summed E-state index contributed by atoms with van der Waals surface area (Å²) in [4.78, 5) is 24.7. The van der Waals surface area contributed by atoms with Crippen LogP contribution >= 0.6 is 24.0 Å². The molecule has 11 nitrogen and oxygen atoms in total. The lowest BCUT2D eigenvalue weighted by molar-refractivity contribution is -0.139. The highest BCUT2D eigenvalue weighted by atomic mass is 32.2. The van der Waals surface area contributed by atoms with Gasteiger partial charge in [0.1, 0.15) is 5.37 Å². The van der Waals surface area contributed by atoms with Crippen LogP contribution in [0, 0.1) is 5.82 Å². The Morgan fingerprint density at radius 1 is 1.37 bits per heavy atom. The van der Waals surface area contributed by atoms with Gasteiger partial charge in [0, 0.05) is 30.1 Å². The second-order valence-electron chi connectivity index (χ2n) is 7.82. The molecule has 2 heterocycles. The van der Waals surface area contributed by atoms with E-state index in [9.17, 15) is 24.2 Å². The maximum absolute atomic E-state index is 14.9. The number of thiocarbonyl (C=S) groups is 1. The van der Waals surface area contributed by atoms with E-state index < -0.39 is 28.8 Å². The van der Waals surface area contributed by atoms with Crippen molar-refractivity contribution in [3.8, 4) is 0 Å². The van der Waals surface area contributed by atoms with Crippen molar-refractivity contribution in [2.24, 2.45) is 0 Å². The predicted molar refractivity (Wildman–Crippen MR) is 135 cm³/mol. The van der Waals surface area contributed by atoms with Crippen LogP contribution in [0.15, 0.2) is 41.6 Å². The molecular weight excluding hydrogens is 497 g/mol. The fraction of sp³-hybridized carbons (Fsp3) is 0.333. The number of carbonyl (C=O) groups excluding carboxylic acids is 1. The van der Waals surface area contributed by atoms with Gasteiger partial charge in [-0.2, -0.15) is 5.10 Å². The van der Waals surface area contributed by atoms with E-state index in [1.54, 1.807) is 31.3 Å². The lowest BCUT2D eigenvalue weighted by Gasteiger charge is -2.28. The number of hydrogen-bond acceptors (Lipinski definition) is 7. The third kappa shape index (κ3) is 6.21. The molecule has 0 radical (unpaired) electrons. The zero-order chi connectivity index (χ0) is 25.8. The van der Waals surface area contributed by atoms with Crippen LogP contribution in [0.3, 0.4) is 0 Å². The number of carboxylic acid groups (broad SMARTS) is 1. The van der Waals surface area contributed by atoms with Gasteiger partial charge in [0.15, 0.2) is 22.3 Å². The molecule has 0 saturated heterocycles. The Bertz CT molecular complexity index is 1150. The highest BCUT2D eigenvalue weighted by Crippen LogP contribution is 2.29. The van der Waals surface area contributed by atoms with Crippen molar-refractivity contribution >= 4 is 52.6 Å². The number of aliphatic hydroxyl groups is 1. The number of carbonyl (C=O) groups is 2. The Hall–Kier alpha value is -3.36. The molecule has 0 bridgehead atoms. The molecule has 14 heteroatoms. The maximum Gasteiger partial charge on any atom is 0.411 e. The normalized spacial score (nSPS) is 16.5. The molecule has 0 spiro atoms. The zero-order valence-corrected chi connectivity index (χ0v) is 20.8. The molecule has 1 aromatic heterocycles. The first-order valence-electron chi connectivity index (χ1n) is 10.5. The van der Waals surface area contributed by atoms with Crippen LogP contribution in [-0.2, 0) is 11.3 Å². The van der Waals surface area contributed by atoms with Gasteiger partial charge in [-0.05, 0) is 44.5 Å². The van der Waals surface area contributed by atoms with Crippen molar-refractivity contribution in [1.82, 2.24) is 25.9 Å². The lowest BCUT2D eigenvalue weighted by atomic mass is 10.1. The minimum Gasteiger partial charge on any atom is -0.465 e. The van der Waals surface area contributed by atoms with Crippen molar-refractivity contribution in [2.75, 3.05) is 16.8 Å². The molecular formula is C21H26FN7O4S2. The summed E-state index contributed by atoms with van der Waals surface area (Å²) in [5.74, 6) is -0.999. The summed E-state index contributed by atoms with van der Waals surface area (Å²) in [5, 5.41) is 31.2. The summed E-state index contributed by atoms with van der Waals surface area (Å²) >= 11 is 6.45. The largest absolute Gasteiger partial charge is 0.465 e. The van der Waals surface area contributed by atoms with E-state index >= 15 is 0 Å². The smallest absolute Gasteiger partial charge is 0.411 e. The number of aromatic nitrogens is 2. The Kier molecular flexibility index (Phi) is 8.19. The second kappa shape index (κ2) is 10.9. The molecule has 35 heavy (non-hydrogen) atoms. The van der Waals surface area contributed by atoms with Crippen LogP contribution in [-0.4, -0.2) is 54.6 Å². The highest BCUT2D eigenvalue weighted by molar-refractivity contribution is 8.03. The number of nitrogens with zero attached hydrogens (tertiary/aromatic N) is 3. The van der Waals surface area contributed by atoms with E-state index in [0.717, 1.165) is 10.6 Å². The molecule has 2 atom stereocenters. The van der Waals surface area contributed by atoms with E-state index in [1.807, 2.05) is 12.3 Å². The van der Waals surface area contributed by atoms with Crippen molar-refractivity contribution in [2.45, 2.75) is 38.3 Å². The molecule has 2 amide bonds. The number of benzene rings is 1. The number of nitrogens with one attached hydrogen (secondary N) is 4. The summed E-state index contributed by atoms with van der Waals surface area (Å²) in [6.45, 7) is 5.00. The van der Waals surface area contributed by atoms with E-state index in [4.69, 9.17) is 12.2 Å². The summed E-state index contributed by atoms with van der Waals surface area (Å²) in [7, 11) is 0. The number of rotatable bonds is 7. The average Bonchev–Trinajstić information content (AvgIpc) is 3.43. The van der Waals surface area contributed by atoms with E-state index in [2.05, 4.69) is 26.6 Å². The average molecular weight is 524 g/mol. The number of anilines is 2.